The van der Waals surface area contributed by atoms with E-state index in [0.29, 0.717) is 12.0 Å². The molecule has 2 aliphatic rings. The number of hydrogen-bond acceptors (Lipinski definition) is 2. The first-order chi connectivity index (χ1) is 8.84. The van der Waals surface area contributed by atoms with Gasteiger partial charge in [0.15, 0.2) is 0 Å². The second-order valence-electron chi connectivity index (χ2n) is 7.83. The molecule has 2 rings (SSSR count). The van der Waals surface area contributed by atoms with Crippen molar-refractivity contribution >= 4 is 0 Å². The van der Waals surface area contributed by atoms with E-state index in [1.54, 1.807) is 0 Å². The molecule has 2 heteroatoms. The van der Waals surface area contributed by atoms with E-state index in [1.165, 1.54) is 38.5 Å². The van der Waals surface area contributed by atoms with Crippen molar-refractivity contribution in [1.29, 1.82) is 0 Å². The largest absolute Gasteiger partial charge is 0.369 e. The lowest BCUT2D eigenvalue weighted by Crippen LogP contribution is -2.45. The fraction of sp³-hybridized carbons (Fsp3) is 1.00. The Morgan fingerprint density at radius 1 is 1.16 bits per heavy atom. The van der Waals surface area contributed by atoms with Gasteiger partial charge in [-0.1, -0.05) is 32.6 Å². The Balaban J connectivity index is 2.05. The van der Waals surface area contributed by atoms with Crippen LogP contribution >= 0.6 is 0 Å². The van der Waals surface area contributed by atoms with Gasteiger partial charge in [-0.15, -0.1) is 0 Å². The third-order valence-corrected chi connectivity index (χ3v) is 5.16. The van der Waals surface area contributed by atoms with Gasteiger partial charge in [0.05, 0.1) is 11.2 Å². The smallest absolute Gasteiger partial charge is 0.0677 e. The van der Waals surface area contributed by atoms with Crippen LogP contribution in [-0.4, -0.2) is 23.8 Å². The van der Waals surface area contributed by atoms with Gasteiger partial charge in [-0.2, -0.15) is 0 Å². The zero-order valence-corrected chi connectivity index (χ0v) is 13.6. The molecule has 0 bridgehead atoms. The maximum atomic E-state index is 6.30. The van der Waals surface area contributed by atoms with Crippen molar-refractivity contribution < 1.29 is 4.74 Å². The van der Waals surface area contributed by atoms with E-state index in [9.17, 15) is 0 Å². The minimum Gasteiger partial charge on any atom is -0.369 e. The molecule has 2 unspecified atom stereocenters. The van der Waals surface area contributed by atoms with Gasteiger partial charge in [0.25, 0.3) is 0 Å². The molecule has 19 heavy (non-hydrogen) atoms. The van der Waals surface area contributed by atoms with Crippen LogP contribution in [0.4, 0.5) is 0 Å². The van der Waals surface area contributed by atoms with Crippen LogP contribution in [0.3, 0.4) is 0 Å². The van der Waals surface area contributed by atoms with Crippen LogP contribution in [0.25, 0.3) is 0 Å². The van der Waals surface area contributed by atoms with E-state index in [4.69, 9.17) is 4.74 Å². The predicted octanol–water partition coefficient (Wildman–Crippen LogP) is 4.14. The lowest BCUT2D eigenvalue weighted by Gasteiger charge is -2.34. The van der Waals surface area contributed by atoms with Crippen molar-refractivity contribution in [2.24, 2.45) is 11.8 Å². The molecule has 1 heterocycles. The number of ether oxygens (including phenoxy) is 1. The van der Waals surface area contributed by atoms with Crippen molar-refractivity contribution in [2.75, 3.05) is 6.54 Å². The van der Waals surface area contributed by atoms with Crippen molar-refractivity contribution in [3.05, 3.63) is 0 Å². The molecule has 2 fully saturated rings. The van der Waals surface area contributed by atoms with Crippen molar-refractivity contribution in [3.63, 3.8) is 0 Å². The third kappa shape index (κ3) is 3.72. The van der Waals surface area contributed by atoms with E-state index < -0.39 is 0 Å². The molecule has 0 spiro atoms. The standard InChI is InChI=1S/C17H33NO/c1-6-18-15(11-13-9-7-8-10-13)14-12-16(2,3)19-17(14,4)5/h13-15,18H,6-12H2,1-5H3. The lowest BCUT2D eigenvalue weighted by molar-refractivity contribution is -0.0782. The van der Waals surface area contributed by atoms with Crippen LogP contribution in [0.5, 0.6) is 0 Å². The minimum atomic E-state index is 0.00887. The van der Waals surface area contributed by atoms with Gasteiger partial charge >= 0.3 is 0 Å². The second kappa shape index (κ2) is 5.73. The molecule has 1 saturated carbocycles. The summed E-state index contributed by atoms with van der Waals surface area (Å²) in [4.78, 5) is 0. The molecule has 0 aromatic heterocycles. The normalized spacial score (nSPS) is 31.7. The summed E-state index contributed by atoms with van der Waals surface area (Å²) in [6.07, 6.45) is 8.31. The van der Waals surface area contributed by atoms with E-state index >= 15 is 0 Å². The number of rotatable bonds is 5. The summed E-state index contributed by atoms with van der Waals surface area (Å²) in [5, 5.41) is 3.76. The molecule has 2 nitrogen and oxygen atoms in total. The summed E-state index contributed by atoms with van der Waals surface area (Å²) in [6, 6.07) is 0.630. The maximum absolute atomic E-state index is 6.30. The number of hydrogen-bond donors (Lipinski definition) is 1. The first kappa shape index (κ1) is 15.3. The van der Waals surface area contributed by atoms with Crippen LogP contribution in [0.1, 0.15) is 73.1 Å². The second-order valence-corrected chi connectivity index (χ2v) is 7.83. The van der Waals surface area contributed by atoms with Crippen LogP contribution in [-0.2, 0) is 4.74 Å². The zero-order valence-electron chi connectivity index (χ0n) is 13.6. The molecular weight excluding hydrogens is 234 g/mol. The Kier molecular flexibility index (Phi) is 4.62. The Bertz CT molecular complexity index is 292. The summed E-state index contributed by atoms with van der Waals surface area (Å²) >= 11 is 0. The molecule has 0 aromatic carbocycles. The summed E-state index contributed by atoms with van der Waals surface area (Å²) in [7, 11) is 0. The summed E-state index contributed by atoms with van der Waals surface area (Å²) in [5.41, 5.74) is 0.0481. The molecule has 1 aliphatic carbocycles. The Labute approximate surface area is 119 Å². The molecule has 2 atom stereocenters. The molecule has 0 aromatic rings. The van der Waals surface area contributed by atoms with Crippen molar-refractivity contribution in [2.45, 2.75) is 90.4 Å². The molecule has 1 saturated heterocycles. The quantitative estimate of drug-likeness (QED) is 0.808. The minimum absolute atomic E-state index is 0.00887. The molecule has 1 N–H and O–H groups in total. The van der Waals surface area contributed by atoms with Gasteiger partial charge in [0.1, 0.15) is 0 Å². The van der Waals surface area contributed by atoms with E-state index in [2.05, 4.69) is 39.9 Å². The van der Waals surface area contributed by atoms with Gasteiger partial charge in [0.2, 0.25) is 0 Å². The predicted molar refractivity (Wildman–Crippen MR) is 81.4 cm³/mol. The highest BCUT2D eigenvalue weighted by Gasteiger charge is 2.49. The van der Waals surface area contributed by atoms with E-state index in [1.807, 2.05) is 0 Å². The van der Waals surface area contributed by atoms with Crippen LogP contribution in [0.15, 0.2) is 0 Å². The highest BCUT2D eigenvalue weighted by atomic mass is 16.5. The molecule has 0 amide bonds. The monoisotopic (exact) mass is 267 g/mol. The summed E-state index contributed by atoms with van der Waals surface area (Å²) < 4.78 is 6.30. The van der Waals surface area contributed by atoms with E-state index in [-0.39, 0.29) is 11.2 Å². The number of nitrogens with one attached hydrogen (secondary N) is 1. The average Bonchev–Trinajstić information content (AvgIpc) is 2.83. The fourth-order valence-corrected chi connectivity index (χ4v) is 4.49. The third-order valence-electron chi connectivity index (χ3n) is 5.16. The van der Waals surface area contributed by atoms with E-state index in [0.717, 1.165) is 12.5 Å². The molecule has 112 valence electrons. The van der Waals surface area contributed by atoms with Gasteiger partial charge < -0.3 is 10.1 Å². The van der Waals surface area contributed by atoms with Crippen molar-refractivity contribution in [3.8, 4) is 0 Å². The average molecular weight is 267 g/mol. The maximum Gasteiger partial charge on any atom is 0.0677 e. The van der Waals surface area contributed by atoms with Gasteiger partial charge in [-0.3, -0.25) is 0 Å². The lowest BCUT2D eigenvalue weighted by atomic mass is 9.78. The highest BCUT2D eigenvalue weighted by molar-refractivity contribution is 5.00. The van der Waals surface area contributed by atoms with Gasteiger partial charge in [0, 0.05) is 12.0 Å². The Morgan fingerprint density at radius 2 is 1.79 bits per heavy atom. The van der Waals surface area contributed by atoms with Crippen LogP contribution in [0.2, 0.25) is 0 Å². The Hall–Kier alpha value is -0.0800. The highest BCUT2D eigenvalue weighted by Crippen LogP contribution is 2.45. The zero-order chi connectivity index (χ0) is 14.1. The molecule has 0 radical (unpaired) electrons. The van der Waals surface area contributed by atoms with Gasteiger partial charge in [-0.05, 0) is 53.0 Å². The summed E-state index contributed by atoms with van der Waals surface area (Å²) in [6.45, 7) is 12.4. The fourth-order valence-electron chi connectivity index (χ4n) is 4.49. The molecule has 1 aliphatic heterocycles. The molecular formula is C17H33NO. The first-order valence-electron chi connectivity index (χ1n) is 8.27. The van der Waals surface area contributed by atoms with Crippen molar-refractivity contribution in [1.82, 2.24) is 5.32 Å². The Morgan fingerprint density at radius 3 is 2.26 bits per heavy atom. The topological polar surface area (TPSA) is 21.3 Å². The van der Waals surface area contributed by atoms with Crippen LogP contribution < -0.4 is 5.32 Å². The van der Waals surface area contributed by atoms with Crippen LogP contribution in [0, 0.1) is 11.8 Å². The first-order valence-corrected chi connectivity index (χ1v) is 8.27. The summed E-state index contributed by atoms with van der Waals surface area (Å²) in [5.74, 6) is 1.59. The van der Waals surface area contributed by atoms with Gasteiger partial charge in [-0.25, -0.2) is 0 Å². The SMILES string of the molecule is CCNC(CC1CCCC1)C1CC(C)(C)OC1(C)C.